The lowest BCUT2D eigenvalue weighted by molar-refractivity contribution is -0.181. The van der Waals surface area contributed by atoms with E-state index in [1.165, 1.54) is 27.6 Å². The molecule has 2 aromatic carbocycles. The van der Waals surface area contributed by atoms with E-state index in [1.807, 2.05) is 34.1 Å². The third-order valence-electron chi connectivity index (χ3n) is 13.3. The molecule has 5 aromatic rings. The van der Waals surface area contributed by atoms with Crippen LogP contribution in [0.1, 0.15) is 97.2 Å². The van der Waals surface area contributed by atoms with Gasteiger partial charge in [-0.3, -0.25) is 38.7 Å². The topological polar surface area (TPSA) is 178 Å². The van der Waals surface area contributed by atoms with Crippen molar-refractivity contribution in [2.75, 3.05) is 42.9 Å². The van der Waals surface area contributed by atoms with E-state index in [9.17, 15) is 29.5 Å². The molecule has 318 valence electrons. The number of piperidine rings is 2. The average molecular weight is 852 g/mol. The van der Waals surface area contributed by atoms with Crippen LogP contribution in [0.3, 0.4) is 0 Å². The number of para-hydroxylation sites is 1. The standard InChI is InChI=1S/C44H47F2N9O5S/c1-42(2,60)29-16-31-35(17-30(29)49-38(57)28-15-26(18-47)19-48-20-28)61-40(50-31)27-9-7-25(8-10-27)21-53-14-13-43(44(45,46)24-53)22-54(23-43)32-5-4-6-33-37(32)52(3)41(59)55(33)34-11-12-36(56)51-39(34)58/h4-6,15-17,19-20,25,27,34,60H,7-14,21-24H2,1-3H3,(H,49,57)(H,51,56,58). The molecule has 1 spiro atoms. The summed E-state index contributed by atoms with van der Waals surface area (Å²) in [4.78, 5) is 63.9. The molecule has 0 bridgehead atoms. The van der Waals surface area contributed by atoms with E-state index in [4.69, 9.17) is 4.98 Å². The number of amides is 3. The molecule has 3 aromatic heterocycles. The summed E-state index contributed by atoms with van der Waals surface area (Å²) in [5.74, 6) is -3.74. The highest BCUT2D eigenvalue weighted by Crippen LogP contribution is 2.52. The lowest BCUT2D eigenvalue weighted by Gasteiger charge is -2.58. The lowest BCUT2D eigenvalue weighted by atomic mass is 9.68. The monoisotopic (exact) mass is 851 g/mol. The van der Waals surface area contributed by atoms with Gasteiger partial charge in [0.15, 0.2) is 0 Å². The molecule has 4 aliphatic rings. The number of halogens is 2. The summed E-state index contributed by atoms with van der Waals surface area (Å²) in [5, 5.41) is 26.5. The summed E-state index contributed by atoms with van der Waals surface area (Å²) in [6.07, 6.45) is 7.04. The lowest BCUT2D eigenvalue weighted by Crippen LogP contribution is -2.70. The van der Waals surface area contributed by atoms with Crippen LogP contribution in [0, 0.1) is 22.7 Å². The maximum Gasteiger partial charge on any atom is 0.329 e. The van der Waals surface area contributed by atoms with Crippen molar-refractivity contribution in [1.29, 1.82) is 5.26 Å². The molecule has 17 heteroatoms. The highest BCUT2D eigenvalue weighted by atomic mass is 32.1. The molecular formula is C44H47F2N9O5S. The predicted molar refractivity (Wildman–Crippen MR) is 226 cm³/mol. The number of nitriles is 1. The Hall–Kier alpha value is -5.57. The molecule has 6 heterocycles. The van der Waals surface area contributed by atoms with Gasteiger partial charge in [0.05, 0.1) is 60.6 Å². The Morgan fingerprint density at radius 2 is 1.85 bits per heavy atom. The van der Waals surface area contributed by atoms with Crippen LogP contribution in [0.25, 0.3) is 21.3 Å². The van der Waals surface area contributed by atoms with Crippen molar-refractivity contribution in [2.45, 2.75) is 82.3 Å². The number of fused-ring (bicyclic) bond motifs is 2. The largest absolute Gasteiger partial charge is 0.386 e. The fourth-order valence-corrected chi connectivity index (χ4v) is 11.1. The van der Waals surface area contributed by atoms with Crippen LogP contribution >= 0.6 is 11.3 Å². The number of aryl methyl sites for hydroxylation is 1. The Bertz CT molecular complexity index is 2700. The molecule has 1 saturated carbocycles. The van der Waals surface area contributed by atoms with Gasteiger partial charge < -0.3 is 15.3 Å². The van der Waals surface area contributed by atoms with Gasteiger partial charge in [0.1, 0.15) is 12.1 Å². The SMILES string of the molecule is Cn1c(=O)n(C2CCC(=O)NC2=O)c2cccc(N3CC4(CCN(CC5CCC(c6nc7cc(C(C)(C)O)c(NC(=O)c8cncc(C#N)c8)cc7s6)CC5)CC4(F)F)C3)c21. The molecular weight excluding hydrogens is 805 g/mol. The first-order valence-corrected chi connectivity index (χ1v) is 21.6. The number of hydrogen-bond acceptors (Lipinski definition) is 11. The number of alkyl halides is 2. The minimum atomic E-state index is -2.91. The van der Waals surface area contributed by atoms with Crippen LogP contribution in [-0.4, -0.2) is 85.5 Å². The Morgan fingerprint density at radius 3 is 2.56 bits per heavy atom. The third kappa shape index (κ3) is 7.27. The number of nitrogens with zero attached hydrogens (tertiary/aromatic N) is 7. The summed E-state index contributed by atoms with van der Waals surface area (Å²) < 4.78 is 36.2. The number of rotatable bonds is 8. The zero-order chi connectivity index (χ0) is 43.0. The van der Waals surface area contributed by atoms with Crippen LogP contribution in [0.2, 0.25) is 0 Å². The van der Waals surface area contributed by atoms with Gasteiger partial charge in [0.2, 0.25) is 11.8 Å². The summed E-state index contributed by atoms with van der Waals surface area (Å²) in [7, 11) is 1.62. The van der Waals surface area contributed by atoms with Gasteiger partial charge in [0.25, 0.3) is 11.8 Å². The molecule has 1 atom stereocenters. The minimum Gasteiger partial charge on any atom is -0.386 e. The molecule has 9 rings (SSSR count). The zero-order valence-electron chi connectivity index (χ0n) is 34.2. The molecule has 14 nitrogen and oxygen atoms in total. The van der Waals surface area contributed by atoms with Crippen LogP contribution in [0.15, 0.2) is 53.6 Å². The first-order chi connectivity index (χ1) is 29.0. The number of benzene rings is 2. The molecule has 1 aliphatic carbocycles. The van der Waals surface area contributed by atoms with Crippen molar-refractivity contribution in [2.24, 2.45) is 18.4 Å². The number of carbonyl (C=O) groups is 3. The maximum absolute atomic E-state index is 16.2. The molecule has 0 radical (unpaired) electrons. The molecule has 3 saturated heterocycles. The number of thiazole rings is 1. The fraction of sp³-hybridized carbons (Fsp3) is 0.477. The van der Waals surface area contributed by atoms with Gasteiger partial charge in [-0.25, -0.2) is 18.6 Å². The minimum absolute atomic E-state index is 0.130. The Kier molecular flexibility index (Phi) is 10.1. The highest BCUT2D eigenvalue weighted by molar-refractivity contribution is 7.18. The second kappa shape index (κ2) is 15.1. The Morgan fingerprint density at radius 1 is 1.08 bits per heavy atom. The third-order valence-corrected chi connectivity index (χ3v) is 14.5. The van der Waals surface area contributed by atoms with E-state index in [0.29, 0.717) is 53.4 Å². The molecule has 3 N–H and O–H groups in total. The van der Waals surface area contributed by atoms with Crippen molar-refractivity contribution in [1.82, 2.24) is 29.3 Å². The first-order valence-electron chi connectivity index (χ1n) is 20.8. The van der Waals surface area contributed by atoms with Crippen LogP contribution in [-0.2, 0) is 22.2 Å². The Balaban J connectivity index is 0.827. The van der Waals surface area contributed by atoms with Gasteiger partial charge in [-0.05, 0) is 95.2 Å². The number of anilines is 2. The first kappa shape index (κ1) is 40.8. The van der Waals surface area contributed by atoms with E-state index in [-0.39, 0.29) is 55.4 Å². The number of likely N-dealkylation sites (tertiary alicyclic amines) is 1. The van der Waals surface area contributed by atoms with Crippen molar-refractivity contribution in [3.05, 3.63) is 81.0 Å². The van der Waals surface area contributed by atoms with Crippen molar-refractivity contribution < 1.29 is 28.3 Å². The molecule has 3 amide bonds. The predicted octanol–water partition coefficient (Wildman–Crippen LogP) is 5.80. The number of imide groups is 1. The highest BCUT2D eigenvalue weighted by Gasteiger charge is 2.62. The number of nitrogens with one attached hydrogen (secondary N) is 2. The van der Waals surface area contributed by atoms with Gasteiger partial charge >= 0.3 is 5.69 Å². The molecule has 3 aliphatic heterocycles. The van der Waals surface area contributed by atoms with Crippen molar-refractivity contribution in [3.8, 4) is 6.07 Å². The van der Waals surface area contributed by atoms with Gasteiger partial charge in [0, 0.05) is 62.7 Å². The fourth-order valence-electron chi connectivity index (χ4n) is 9.94. The smallest absolute Gasteiger partial charge is 0.329 e. The molecule has 4 fully saturated rings. The Labute approximate surface area is 354 Å². The average Bonchev–Trinajstić information content (AvgIpc) is 3.74. The number of aromatic nitrogens is 4. The van der Waals surface area contributed by atoms with E-state index in [1.54, 1.807) is 44.4 Å². The normalized spacial score (nSPS) is 22.9. The zero-order valence-corrected chi connectivity index (χ0v) is 35.0. The summed E-state index contributed by atoms with van der Waals surface area (Å²) >= 11 is 1.56. The van der Waals surface area contributed by atoms with Gasteiger partial charge in [-0.2, -0.15) is 5.26 Å². The van der Waals surface area contributed by atoms with E-state index >= 15 is 8.78 Å². The second-order valence-electron chi connectivity index (χ2n) is 17.9. The molecule has 1 unspecified atom stereocenters. The van der Waals surface area contributed by atoms with E-state index in [0.717, 1.165) is 40.9 Å². The van der Waals surface area contributed by atoms with Crippen LogP contribution < -0.4 is 21.2 Å². The number of aliphatic hydroxyl groups is 1. The number of carbonyl (C=O) groups excluding carboxylic acids is 3. The maximum atomic E-state index is 16.2. The quantitative estimate of drug-likeness (QED) is 0.162. The van der Waals surface area contributed by atoms with Crippen LogP contribution in [0.4, 0.5) is 20.2 Å². The second-order valence-corrected chi connectivity index (χ2v) is 18.9. The van der Waals surface area contributed by atoms with Gasteiger partial charge in [-0.15, -0.1) is 11.3 Å². The summed E-state index contributed by atoms with van der Waals surface area (Å²) in [6, 6.07) is 11.6. The van der Waals surface area contributed by atoms with Crippen molar-refractivity contribution in [3.63, 3.8) is 0 Å². The van der Waals surface area contributed by atoms with Gasteiger partial charge in [-0.1, -0.05) is 6.07 Å². The summed E-state index contributed by atoms with van der Waals surface area (Å²) in [5.41, 5.74) is 1.14. The van der Waals surface area contributed by atoms with Crippen LogP contribution in [0.5, 0.6) is 0 Å². The number of imidazole rings is 1. The molecule has 61 heavy (non-hydrogen) atoms. The summed E-state index contributed by atoms with van der Waals surface area (Å²) in [6.45, 7) is 4.52. The van der Waals surface area contributed by atoms with E-state index in [2.05, 4.69) is 15.6 Å². The number of pyridine rings is 1. The van der Waals surface area contributed by atoms with E-state index < -0.39 is 40.5 Å². The number of hydrogen-bond donors (Lipinski definition) is 3. The van der Waals surface area contributed by atoms with Crippen molar-refractivity contribution >= 4 is 61.7 Å².